The number of non-ortho nitro benzene ring substituents is 1. The average Bonchev–Trinajstić information content (AvgIpc) is 2.75. The van der Waals surface area contributed by atoms with Crippen LogP contribution in [0.2, 0.25) is 0 Å². The number of hydrogen-bond acceptors (Lipinski definition) is 3. The molecule has 0 saturated heterocycles. The van der Waals surface area contributed by atoms with Gasteiger partial charge in [-0.1, -0.05) is 19.8 Å². The molecule has 1 aromatic carbocycles. The average molecular weight is 248 g/mol. The Morgan fingerprint density at radius 1 is 1.39 bits per heavy atom. The first-order valence-electron chi connectivity index (χ1n) is 6.49. The number of nitro benzene ring substituents is 1. The summed E-state index contributed by atoms with van der Waals surface area (Å²) in [4.78, 5) is 10.3. The standard InChI is InChI=1S/C14H20N2O2/c1-11-9-12(16(17)18)5-6-13(11)15-10-14(2)7-3-4-8-14/h5-6,9,15H,3-4,7-8,10H2,1-2H3. The van der Waals surface area contributed by atoms with Crippen molar-refractivity contribution in [3.8, 4) is 0 Å². The molecule has 0 aromatic heterocycles. The van der Waals surface area contributed by atoms with Crippen LogP contribution in [0, 0.1) is 22.5 Å². The normalized spacial score (nSPS) is 17.7. The van der Waals surface area contributed by atoms with Crippen LogP contribution in [0.15, 0.2) is 18.2 Å². The van der Waals surface area contributed by atoms with Crippen LogP contribution in [0.4, 0.5) is 11.4 Å². The van der Waals surface area contributed by atoms with Crippen molar-refractivity contribution in [2.24, 2.45) is 5.41 Å². The van der Waals surface area contributed by atoms with Crippen LogP contribution in [0.1, 0.15) is 38.2 Å². The van der Waals surface area contributed by atoms with Gasteiger partial charge in [0.05, 0.1) is 4.92 Å². The largest absolute Gasteiger partial charge is 0.384 e. The SMILES string of the molecule is Cc1cc([N+](=O)[O-])ccc1NCC1(C)CCCC1. The zero-order valence-corrected chi connectivity index (χ0v) is 11.0. The smallest absolute Gasteiger partial charge is 0.269 e. The second kappa shape index (κ2) is 4.96. The number of aryl methyl sites for hydroxylation is 1. The van der Waals surface area contributed by atoms with E-state index in [-0.39, 0.29) is 10.6 Å². The molecular weight excluding hydrogens is 228 g/mol. The topological polar surface area (TPSA) is 55.2 Å². The highest BCUT2D eigenvalue weighted by Gasteiger charge is 2.28. The minimum Gasteiger partial charge on any atom is -0.384 e. The van der Waals surface area contributed by atoms with Crippen molar-refractivity contribution in [2.45, 2.75) is 39.5 Å². The van der Waals surface area contributed by atoms with Gasteiger partial charge in [0.15, 0.2) is 0 Å². The van der Waals surface area contributed by atoms with Crippen LogP contribution in [0.25, 0.3) is 0 Å². The second-order valence-corrected chi connectivity index (χ2v) is 5.63. The van der Waals surface area contributed by atoms with Gasteiger partial charge in [-0.25, -0.2) is 0 Å². The summed E-state index contributed by atoms with van der Waals surface area (Å²) in [7, 11) is 0. The fourth-order valence-corrected chi connectivity index (χ4v) is 2.67. The molecule has 0 bridgehead atoms. The van der Waals surface area contributed by atoms with Gasteiger partial charge in [-0.05, 0) is 36.8 Å². The van der Waals surface area contributed by atoms with E-state index in [9.17, 15) is 10.1 Å². The minimum atomic E-state index is -0.352. The highest BCUT2D eigenvalue weighted by atomic mass is 16.6. The Morgan fingerprint density at radius 2 is 2.06 bits per heavy atom. The monoisotopic (exact) mass is 248 g/mol. The van der Waals surface area contributed by atoms with Crippen LogP contribution in [0.5, 0.6) is 0 Å². The maximum atomic E-state index is 10.7. The molecule has 0 unspecified atom stereocenters. The van der Waals surface area contributed by atoms with E-state index in [0.717, 1.165) is 17.8 Å². The van der Waals surface area contributed by atoms with E-state index in [2.05, 4.69) is 12.2 Å². The first-order chi connectivity index (χ1) is 8.50. The third kappa shape index (κ3) is 2.81. The first-order valence-corrected chi connectivity index (χ1v) is 6.49. The Bertz CT molecular complexity index is 451. The van der Waals surface area contributed by atoms with Gasteiger partial charge in [0.1, 0.15) is 0 Å². The number of nitrogens with zero attached hydrogens (tertiary/aromatic N) is 1. The summed E-state index contributed by atoms with van der Waals surface area (Å²) in [6, 6.07) is 5.00. The molecule has 0 radical (unpaired) electrons. The number of nitro groups is 1. The molecule has 0 spiro atoms. The lowest BCUT2D eigenvalue weighted by Gasteiger charge is -2.24. The highest BCUT2D eigenvalue weighted by molar-refractivity contribution is 5.55. The number of nitrogens with one attached hydrogen (secondary N) is 1. The Morgan fingerprint density at radius 3 is 2.61 bits per heavy atom. The summed E-state index contributed by atoms with van der Waals surface area (Å²) in [5.41, 5.74) is 2.48. The summed E-state index contributed by atoms with van der Waals surface area (Å²) < 4.78 is 0. The van der Waals surface area contributed by atoms with Crippen LogP contribution in [-0.4, -0.2) is 11.5 Å². The number of anilines is 1. The Labute approximate surface area is 108 Å². The third-order valence-corrected chi connectivity index (χ3v) is 3.94. The summed E-state index contributed by atoms with van der Waals surface area (Å²) in [5, 5.41) is 14.1. The molecule has 98 valence electrons. The second-order valence-electron chi connectivity index (χ2n) is 5.63. The number of rotatable bonds is 4. The molecule has 0 aliphatic heterocycles. The van der Waals surface area contributed by atoms with Gasteiger partial charge in [0, 0.05) is 24.4 Å². The molecule has 1 aliphatic carbocycles. The van der Waals surface area contributed by atoms with E-state index in [1.54, 1.807) is 12.1 Å². The Kier molecular flexibility index (Phi) is 3.55. The summed E-state index contributed by atoms with van der Waals surface area (Å²) in [5.74, 6) is 0. The van der Waals surface area contributed by atoms with Crippen molar-refractivity contribution in [1.82, 2.24) is 0 Å². The van der Waals surface area contributed by atoms with E-state index in [1.165, 1.54) is 25.7 Å². The highest BCUT2D eigenvalue weighted by Crippen LogP contribution is 2.37. The molecule has 1 N–H and O–H groups in total. The Balaban J connectivity index is 2.03. The van der Waals surface area contributed by atoms with Gasteiger partial charge in [-0.2, -0.15) is 0 Å². The molecule has 4 heteroatoms. The lowest BCUT2D eigenvalue weighted by Crippen LogP contribution is -2.23. The van der Waals surface area contributed by atoms with Gasteiger partial charge in [0.25, 0.3) is 5.69 Å². The lowest BCUT2D eigenvalue weighted by molar-refractivity contribution is -0.384. The molecule has 1 saturated carbocycles. The fraction of sp³-hybridized carbons (Fsp3) is 0.571. The molecular formula is C14H20N2O2. The zero-order chi connectivity index (χ0) is 13.2. The van der Waals surface area contributed by atoms with Crippen LogP contribution >= 0.6 is 0 Å². The molecule has 1 aliphatic rings. The molecule has 0 atom stereocenters. The minimum absolute atomic E-state index is 0.158. The van der Waals surface area contributed by atoms with E-state index in [1.807, 2.05) is 13.0 Å². The summed E-state index contributed by atoms with van der Waals surface area (Å²) in [6.45, 7) is 5.17. The van der Waals surface area contributed by atoms with Crippen molar-refractivity contribution >= 4 is 11.4 Å². The molecule has 2 rings (SSSR count). The predicted octanol–water partition coefficient (Wildman–Crippen LogP) is 3.90. The van der Waals surface area contributed by atoms with Crippen LogP contribution < -0.4 is 5.32 Å². The van der Waals surface area contributed by atoms with Crippen molar-refractivity contribution in [3.05, 3.63) is 33.9 Å². The van der Waals surface area contributed by atoms with E-state index in [0.29, 0.717) is 5.41 Å². The molecule has 1 fully saturated rings. The molecule has 4 nitrogen and oxygen atoms in total. The fourth-order valence-electron chi connectivity index (χ4n) is 2.67. The first kappa shape index (κ1) is 12.9. The lowest BCUT2D eigenvalue weighted by atomic mass is 9.89. The maximum absolute atomic E-state index is 10.7. The molecule has 0 heterocycles. The zero-order valence-electron chi connectivity index (χ0n) is 11.0. The van der Waals surface area contributed by atoms with E-state index >= 15 is 0 Å². The number of benzene rings is 1. The van der Waals surface area contributed by atoms with Gasteiger partial charge >= 0.3 is 0 Å². The van der Waals surface area contributed by atoms with Gasteiger partial charge in [-0.3, -0.25) is 10.1 Å². The van der Waals surface area contributed by atoms with Gasteiger partial charge in [0.2, 0.25) is 0 Å². The molecule has 0 amide bonds. The van der Waals surface area contributed by atoms with Crippen molar-refractivity contribution < 1.29 is 4.92 Å². The third-order valence-electron chi connectivity index (χ3n) is 3.94. The number of hydrogen-bond donors (Lipinski definition) is 1. The summed E-state index contributed by atoms with van der Waals surface area (Å²) >= 11 is 0. The van der Waals surface area contributed by atoms with Crippen molar-refractivity contribution in [2.75, 3.05) is 11.9 Å². The quantitative estimate of drug-likeness (QED) is 0.649. The van der Waals surface area contributed by atoms with Crippen LogP contribution in [-0.2, 0) is 0 Å². The van der Waals surface area contributed by atoms with Crippen molar-refractivity contribution in [1.29, 1.82) is 0 Å². The van der Waals surface area contributed by atoms with E-state index < -0.39 is 0 Å². The Hall–Kier alpha value is -1.58. The van der Waals surface area contributed by atoms with E-state index in [4.69, 9.17) is 0 Å². The maximum Gasteiger partial charge on any atom is 0.269 e. The molecule has 18 heavy (non-hydrogen) atoms. The van der Waals surface area contributed by atoms with Gasteiger partial charge < -0.3 is 5.32 Å². The summed E-state index contributed by atoms with van der Waals surface area (Å²) in [6.07, 6.45) is 5.17. The predicted molar refractivity (Wildman–Crippen MR) is 72.9 cm³/mol. The molecule has 1 aromatic rings. The van der Waals surface area contributed by atoms with Crippen molar-refractivity contribution in [3.63, 3.8) is 0 Å². The van der Waals surface area contributed by atoms with Crippen LogP contribution in [0.3, 0.4) is 0 Å². The van der Waals surface area contributed by atoms with Gasteiger partial charge in [-0.15, -0.1) is 0 Å².